The van der Waals surface area contributed by atoms with Crippen LogP contribution in [-0.4, -0.2) is 36.4 Å². The minimum atomic E-state index is -2.86. The van der Waals surface area contributed by atoms with Crippen molar-refractivity contribution in [2.24, 2.45) is 4.99 Å². The number of hydrogen-bond acceptors (Lipinski definition) is 5. The molecule has 1 aromatic rings. The van der Waals surface area contributed by atoms with Gasteiger partial charge in [0.2, 0.25) is 0 Å². The highest BCUT2D eigenvalue weighted by atomic mass is 32.2. The van der Waals surface area contributed by atoms with E-state index in [0.717, 1.165) is 10.9 Å². The molecule has 2 unspecified atom stereocenters. The number of aliphatic imine (C=N–C) groups is 1. The molecule has 2 aliphatic rings. The lowest BCUT2D eigenvalue weighted by Crippen LogP contribution is -2.13. The number of benzene rings is 1. The summed E-state index contributed by atoms with van der Waals surface area (Å²) in [4.78, 5) is 4.45. The highest BCUT2D eigenvalue weighted by molar-refractivity contribution is 8.15. The molecule has 1 aromatic carbocycles. The Morgan fingerprint density at radius 2 is 2.00 bits per heavy atom. The first kappa shape index (κ1) is 12.0. The van der Waals surface area contributed by atoms with Gasteiger partial charge in [0.25, 0.3) is 0 Å². The summed E-state index contributed by atoms with van der Waals surface area (Å²) < 4.78 is 22.9. The number of fused-ring (bicyclic) bond motifs is 1. The highest BCUT2D eigenvalue weighted by Gasteiger charge is 2.42. The van der Waals surface area contributed by atoms with Gasteiger partial charge in [0.15, 0.2) is 15.0 Å². The first-order valence-electron chi connectivity index (χ1n) is 5.80. The van der Waals surface area contributed by atoms with Gasteiger partial charge >= 0.3 is 0 Å². The van der Waals surface area contributed by atoms with Gasteiger partial charge in [0.05, 0.1) is 17.5 Å². The Hall–Kier alpha value is -1.01. The molecule has 2 aliphatic heterocycles. The number of nitrogens with zero attached hydrogens (tertiary/aromatic N) is 1. The van der Waals surface area contributed by atoms with Crippen LogP contribution < -0.4 is 5.32 Å². The van der Waals surface area contributed by atoms with Crippen molar-refractivity contribution in [1.29, 1.82) is 0 Å². The van der Waals surface area contributed by atoms with E-state index < -0.39 is 9.84 Å². The van der Waals surface area contributed by atoms with E-state index in [1.54, 1.807) is 11.8 Å². The fourth-order valence-electron chi connectivity index (χ4n) is 2.18. The molecule has 18 heavy (non-hydrogen) atoms. The van der Waals surface area contributed by atoms with Gasteiger partial charge in [0.1, 0.15) is 0 Å². The van der Waals surface area contributed by atoms with E-state index in [1.165, 1.54) is 5.56 Å². The molecule has 6 heteroatoms. The van der Waals surface area contributed by atoms with Gasteiger partial charge in [-0.3, -0.25) is 4.99 Å². The van der Waals surface area contributed by atoms with E-state index in [0.29, 0.717) is 0 Å². The summed E-state index contributed by atoms with van der Waals surface area (Å²) in [7, 11) is -2.86. The van der Waals surface area contributed by atoms with E-state index in [4.69, 9.17) is 0 Å². The lowest BCUT2D eigenvalue weighted by atomic mass is 10.2. The molecule has 0 spiro atoms. The molecule has 1 saturated heterocycles. The van der Waals surface area contributed by atoms with Crippen LogP contribution in [-0.2, 0) is 9.84 Å². The first-order valence-corrected chi connectivity index (χ1v) is 8.50. The molecule has 2 heterocycles. The number of amidine groups is 1. The normalized spacial score (nSPS) is 28.8. The number of sulfone groups is 1. The lowest BCUT2D eigenvalue weighted by Gasteiger charge is -2.06. The van der Waals surface area contributed by atoms with Crippen molar-refractivity contribution in [3.63, 3.8) is 0 Å². The number of hydrogen-bond donors (Lipinski definition) is 1. The third kappa shape index (κ3) is 2.40. The largest absolute Gasteiger partial charge is 0.335 e. The summed E-state index contributed by atoms with van der Waals surface area (Å²) in [5.41, 5.74) is 2.21. The number of aryl methyl sites for hydroxylation is 1. The first-order chi connectivity index (χ1) is 8.52. The third-order valence-electron chi connectivity index (χ3n) is 3.12. The zero-order valence-corrected chi connectivity index (χ0v) is 11.6. The molecular formula is C12H14N2O2S2. The van der Waals surface area contributed by atoms with Crippen LogP contribution in [0, 0.1) is 6.92 Å². The Morgan fingerprint density at radius 1 is 1.28 bits per heavy atom. The SMILES string of the molecule is Cc1ccc(NC2=NC3CS(=O)(=O)CC3S2)cc1. The number of nitrogens with one attached hydrogen (secondary N) is 1. The van der Waals surface area contributed by atoms with Crippen LogP contribution in [0.25, 0.3) is 0 Å². The zero-order valence-electron chi connectivity index (χ0n) is 9.96. The summed E-state index contributed by atoms with van der Waals surface area (Å²) in [5, 5.41) is 4.18. The van der Waals surface area contributed by atoms with Crippen molar-refractivity contribution < 1.29 is 8.42 Å². The van der Waals surface area contributed by atoms with Gasteiger partial charge in [-0.15, -0.1) is 0 Å². The molecule has 0 saturated carbocycles. The van der Waals surface area contributed by atoms with Crippen molar-refractivity contribution in [3.8, 4) is 0 Å². The van der Waals surface area contributed by atoms with Crippen molar-refractivity contribution in [2.75, 3.05) is 16.8 Å². The molecule has 0 bridgehead atoms. The standard InChI is InChI=1S/C12H14N2O2S2/c1-8-2-4-9(5-3-8)13-12-14-10-6-18(15,16)7-11(10)17-12/h2-5,10-11H,6-7H2,1H3,(H,13,14). The Kier molecular flexibility index (Phi) is 2.86. The summed E-state index contributed by atoms with van der Waals surface area (Å²) in [6.45, 7) is 2.04. The Bertz CT molecular complexity index is 593. The fraction of sp³-hybridized carbons (Fsp3) is 0.417. The molecular weight excluding hydrogens is 268 g/mol. The van der Waals surface area contributed by atoms with Crippen LogP contribution in [0.2, 0.25) is 0 Å². The van der Waals surface area contributed by atoms with Gasteiger partial charge in [-0.25, -0.2) is 8.42 Å². The molecule has 0 aliphatic carbocycles. The second kappa shape index (κ2) is 4.28. The molecule has 96 valence electrons. The van der Waals surface area contributed by atoms with E-state index in [9.17, 15) is 8.42 Å². The number of anilines is 1. The Morgan fingerprint density at radius 3 is 2.67 bits per heavy atom. The van der Waals surface area contributed by atoms with Crippen LogP contribution in [0.15, 0.2) is 29.3 Å². The molecule has 2 atom stereocenters. The number of rotatable bonds is 1. The predicted octanol–water partition coefficient (Wildman–Crippen LogP) is 1.68. The molecule has 0 radical (unpaired) electrons. The van der Waals surface area contributed by atoms with Crippen LogP contribution in [0.5, 0.6) is 0 Å². The van der Waals surface area contributed by atoms with E-state index >= 15 is 0 Å². The van der Waals surface area contributed by atoms with Crippen molar-refractivity contribution in [2.45, 2.75) is 18.2 Å². The van der Waals surface area contributed by atoms with Crippen molar-refractivity contribution in [3.05, 3.63) is 29.8 Å². The van der Waals surface area contributed by atoms with Crippen LogP contribution in [0.1, 0.15) is 5.56 Å². The maximum absolute atomic E-state index is 11.4. The van der Waals surface area contributed by atoms with Crippen LogP contribution >= 0.6 is 11.8 Å². The number of thioether (sulfide) groups is 1. The molecule has 0 amide bonds. The average Bonchev–Trinajstić information content (AvgIpc) is 2.74. The molecule has 0 aromatic heterocycles. The van der Waals surface area contributed by atoms with Gasteiger partial charge < -0.3 is 5.32 Å². The average molecular weight is 282 g/mol. The monoisotopic (exact) mass is 282 g/mol. The smallest absolute Gasteiger partial charge is 0.161 e. The lowest BCUT2D eigenvalue weighted by molar-refractivity contribution is 0.601. The summed E-state index contributed by atoms with van der Waals surface area (Å²) in [5.74, 6) is 0.453. The van der Waals surface area contributed by atoms with Gasteiger partial charge in [-0.05, 0) is 19.1 Å². The van der Waals surface area contributed by atoms with E-state index in [2.05, 4.69) is 10.3 Å². The Balaban J connectivity index is 1.71. The van der Waals surface area contributed by atoms with Crippen LogP contribution in [0.4, 0.5) is 5.69 Å². The quantitative estimate of drug-likeness (QED) is 0.851. The maximum atomic E-state index is 11.4. The summed E-state index contributed by atoms with van der Waals surface area (Å²) in [6.07, 6.45) is 0. The topological polar surface area (TPSA) is 58.5 Å². The maximum Gasteiger partial charge on any atom is 0.161 e. The molecule has 3 rings (SSSR count). The predicted molar refractivity (Wildman–Crippen MR) is 76.1 cm³/mol. The summed E-state index contributed by atoms with van der Waals surface area (Å²) in [6, 6.07) is 8.02. The van der Waals surface area contributed by atoms with Crippen molar-refractivity contribution >= 4 is 32.5 Å². The van der Waals surface area contributed by atoms with E-state index in [-0.39, 0.29) is 22.8 Å². The second-order valence-electron chi connectivity index (χ2n) is 4.73. The fourth-order valence-corrected chi connectivity index (χ4v) is 5.85. The third-order valence-corrected chi connectivity index (χ3v) is 6.26. The van der Waals surface area contributed by atoms with Crippen molar-refractivity contribution in [1.82, 2.24) is 0 Å². The van der Waals surface area contributed by atoms with Gasteiger partial charge in [0, 0.05) is 10.9 Å². The van der Waals surface area contributed by atoms with E-state index in [1.807, 2.05) is 31.2 Å². The molecule has 1 fully saturated rings. The van der Waals surface area contributed by atoms with Gasteiger partial charge in [-0.2, -0.15) is 0 Å². The molecule has 4 nitrogen and oxygen atoms in total. The minimum Gasteiger partial charge on any atom is -0.335 e. The van der Waals surface area contributed by atoms with Gasteiger partial charge in [-0.1, -0.05) is 29.5 Å². The Labute approximate surface area is 111 Å². The molecule has 1 N–H and O–H groups in total. The second-order valence-corrected chi connectivity index (χ2v) is 8.11. The highest BCUT2D eigenvalue weighted by Crippen LogP contribution is 2.34. The minimum absolute atomic E-state index is 0.0621. The zero-order chi connectivity index (χ0) is 12.8. The summed E-state index contributed by atoms with van der Waals surface area (Å²) >= 11 is 1.54. The van der Waals surface area contributed by atoms with Crippen LogP contribution in [0.3, 0.4) is 0 Å².